The van der Waals surface area contributed by atoms with Crippen molar-refractivity contribution in [2.24, 2.45) is 11.8 Å². The summed E-state index contributed by atoms with van der Waals surface area (Å²) in [5.41, 5.74) is 0.0635. The number of hydrogen-bond acceptors (Lipinski definition) is 9. The predicted octanol–water partition coefficient (Wildman–Crippen LogP) is 3.54. The Hall–Kier alpha value is -4.36. The minimum atomic E-state index is -1.31. The molecule has 0 aromatic heterocycles. The van der Waals surface area contributed by atoms with E-state index in [9.17, 15) is 14.7 Å². The second-order valence-corrected chi connectivity index (χ2v) is 14.8. The van der Waals surface area contributed by atoms with Gasteiger partial charge in [0.25, 0.3) is 0 Å². The molecule has 0 unspecified atom stereocenters. The van der Waals surface area contributed by atoms with Gasteiger partial charge in [-0.1, -0.05) is 72.8 Å². The van der Waals surface area contributed by atoms with E-state index in [1.807, 2.05) is 67.6 Å². The fourth-order valence-electron chi connectivity index (χ4n) is 8.83. The first-order valence-corrected chi connectivity index (χ1v) is 19.1. The number of aliphatic hydroxyl groups is 1. The molecule has 54 heavy (non-hydrogen) atoms. The Morgan fingerprint density at radius 3 is 2.33 bits per heavy atom. The third-order valence-corrected chi connectivity index (χ3v) is 11.8. The van der Waals surface area contributed by atoms with Crippen molar-refractivity contribution in [3.63, 3.8) is 0 Å². The van der Waals surface area contributed by atoms with Crippen LogP contribution in [0.1, 0.15) is 55.9 Å². The van der Waals surface area contributed by atoms with E-state index >= 15 is 9.59 Å². The summed E-state index contributed by atoms with van der Waals surface area (Å²) in [5, 5.41) is 10.9. The van der Waals surface area contributed by atoms with Gasteiger partial charge in [-0.15, -0.1) is 13.2 Å². The average molecular weight is 743 g/mol. The zero-order valence-electron chi connectivity index (χ0n) is 31.5. The molecular formula is C42H54N4O8. The lowest BCUT2D eigenvalue weighted by Crippen LogP contribution is -2.58. The van der Waals surface area contributed by atoms with Crippen LogP contribution < -0.4 is 0 Å². The molecule has 0 aliphatic carbocycles. The highest BCUT2D eigenvalue weighted by Crippen LogP contribution is 2.60. The van der Waals surface area contributed by atoms with Crippen LogP contribution in [0.15, 0.2) is 86.0 Å². The molecule has 1 spiro atoms. The highest BCUT2D eigenvalue weighted by molar-refractivity contribution is 5.98. The number of carbonyl (C=O) groups is 4. The summed E-state index contributed by atoms with van der Waals surface area (Å²) >= 11 is 0. The first-order chi connectivity index (χ1) is 26.2. The molecule has 4 aliphatic rings. The maximum absolute atomic E-state index is 15.0. The number of likely N-dealkylation sites (tertiary alicyclic amines) is 1. The van der Waals surface area contributed by atoms with Crippen LogP contribution in [0.2, 0.25) is 0 Å². The Labute approximate surface area is 318 Å². The van der Waals surface area contributed by atoms with Crippen molar-refractivity contribution in [2.75, 3.05) is 59.6 Å². The fourth-order valence-corrected chi connectivity index (χ4v) is 8.83. The van der Waals surface area contributed by atoms with Crippen molar-refractivity contribution < 1.29 is 38.5 Å². The Bertz CT molecular complexity index is 1650. The summed E-state index contributed by atoms with van der Waals surface area (Å²) in [6, 6.07) is 15.9. The lowest BCUT2D eigenvalue weighted by atomic mass is 9.70. The molecule has 8 atom stereocenters. The Morgan fingerprint density at radius 1 is 1.04 bits per heavy atom. The van der Waals surface area contributed by atoms with Crippen molar-refractivity contribution in [3.8, 4) is 0 Å². The number of allylic oxidation sites excluding steroid dienone is 1. The van der Waals surface area contributed by atoms with E-state index in [4.69, 9.17) is 14.2 Å². The number of esters is 1. The van der Waals surface area contributed by atoms with Gasteiger partial charge in [-0.25, -0.2) is 0 Å². The summed E-state index contributed by atoms with van der Waals surface area (Å²) in [7, 11) is 1.69. The lowest BCUT2D eigenvalue weighted by Gasteiger charge is -2.40. The molecule has 4 fully saturated rings. The Kier molecular flexibility index (Phi) is 12.7. The van der Waals surface area contributed by atoms with Crippen LogP contribution in [0.3, 0.4) is 0 Å². The van der Waals surface area contributed by atoms with E-state index in [2.05, 4.69) is 18.1 Å². The normalized spacial score (nSPS) is 26.4. The van der Waals surface area contributed by atoms with Crippen molar-refractivity contribution in [2.45, 2.75) is 68.5 Å². The predicted molar refractivity (Wildman–Crippen MR) is 202 cm³/mol. The standard InChI is InChI=1S/C42H54N4O8/c1-5-7-18-34(48)43(4)29(3)37(31-16-12-9-13-17-31)53-41(51)35-33-19-20-42(54-33)36(35)39(49)46(32(28-47)30-14-10-8-11-15-30)38(42)40(50)45(21-6-2)23-22-44-24-26-52-27-25-44/h5-6,8-17,29,32-33,35-38,47H,1-2,7,18-28H2,3-4H3/t29-,32-,33+,35-,36-,37+,38+,42-/m1/s1. The monoisotopic (exact) mass is 742 g/mol. The van der Waals surface area contributed by atoms with Gasteiger partial charge in [0.05, 0.1) is 49.8 Å². The summed E-state index contributed by atoms with van der Waals surface area (Å²) in [5.74, 6) is -3.47. The van der Waals surface area contributed by atoms with E-state index in [0.29, 0.717) is 56.7 Å². The highest BCUT2D eigenvalue weighted by Gasteiger charge is 2.76. The van der Waals surface area contributed by atoms with Gasteiger partial charge in [-0.3, -0.25) is 24.1 Å². The largest absolute Gasteiger partial charge is 0.455 e. The SMILES string of the molecule is C=CCCC(=O)N(C)[C@H](C)[C@H](OC(=O)[C@@H]1[C@@H]2CC[C@]3(O2)[C@H](C(=O)N(CC=C)CCN2CCOCC2)N([C@H](CO)c2ccccc2)C(=O)[C@@H]13)c1ccccc1. The minimum absolute atomic E-state index is 0.113. The van der Waals surface area contributed by atoms with Gasteiger partial charge in [0.1, 0.15) is 17.7 Å². The van der Waals surface area contributed by atoms with Crippen LogP contribution in [0, 0.1) is 11.8 Å². The second kappa shape index (κ2) is 17.4. The molecule has 2 aromatic carbocycles. The third kappa shape index (κ3) is 7.62. The quantitative estimate of drug-likeness (QED) is 0.191. The van der Waals surface area contributed by atoms with Gasteiger partial charge >= 0.3 is 5.97 Å². The molecule has 1 N–H and O–H groups in total. The number of fused-ring (bicyclic) bond motifs is 1. The number of nitrogens with zero attached hydrogens (tertiary/aromatic N) is 4. The zero-order chi connectivity index (χ0) is 38.4. The van der Waals surface area contributed by atoms with Crippen LogP contribution in [0.25, 0.3) is 0 Å². The minimum Gasteiger partial charge on any atom is -0.455 e. The van der Waals surface area contributed by atoms with E-state index in [1.54, 1.807) is 29.0 Å². The highest BCUT2D eigenvalue weighted by atomic mass is 16.6. The van der Waals surface area contributed by atoms with Gasteiger partial charge in [-0.05, 0) is 37.3 Å². The van der Waals surface area contributed by atoms with Gasteiger partial charge in [0.2, 0.25) is 17.7 Å². The molecule has 0 saturated carbocycles. The lowest BCUT2D eigenvalue weighted by molar-refractivity contribution is -0.165. The average Bonchev–Trinajstić information content (AvgIpc) is 3.85. The number of ether oxygens (including phenoxy) is 3. The van der Waals surface area contributed by atoms with E-state index in [-0.39, 0.29) is 24.8 Å². The molecule has 3 amide bonds. The number of amides is 3. The first kappa shape index (κ1) is 39.3. The molecule has 4 saturated heterocycles. The molecule has 4 heterocycles. The molecular weight excluding hydrogens is 688 g/mol. The summed E-state index contributed by atoms with van der Waals surface area (Å²) in [4.78, 5) is 64.7. The molecule has 290 valence electrons. The van der Waals surface area contributed by atoms with Crippen molar-refractivity contribution in [1.29, 1.82) is 0 Å². The Morgan fingerprint density at radius 2 is 1.70 bits per heavy atom. The first-order valence-electron chi connectivity index (χ1n) is 19.1. The van der Waals surface area contributed by atoms with E-state index in [1.165, 1.54) is 4.90 Å². The molecule has 6 rings (SSSR count). The maximum atomic E-state index is 15.0. The van der Waals surface area contributed by atoms with Crippen LogP contribution in [0.5, 0.6) is 0 Å². The molecule has 0 radical (unpaired) electrons. The number of rotatable bonds is 17. The van der Waals surface area contributed by atoms with E-state index in [0.717, 1.165) is 13.1 Å². The van der Waals surface area contributed by atoms with Gasteiger partial charge < -0.3 is 34.0 Å². The molecule has 2 bridgehead atoms. The van der Waals surface area contributed by atoms with Crippen molar-refractivity contribution in [3.05, 3.63) is 97.1 Å². The molecule has 12 nitrogen and oxygen atoms in total. The Balaban J connectivity index is 1.34. The number of benzene rings is 2. The van der Waals surface area contributed by atoms with Crippen molar-refractivity contribution >= 4 is 23.7 Å². The van der Waals surface area contributed by atoms with Gasteiger partial charge in [0, 0.05) is 46.2 Å². The molecule has 12 heteroatoms. The van der Waals surface area contributed by atoms with Gasteiger partial charge in [-0.2, -0.15) is 0 Å². The summed E-state index contributed by atoms with van der Waals surface area (Å²) in [6.45, 7) is 13.1. The third-order valence-electron chi connectivity index (χ3n) is 11.8. The number of carbonyl (C=O) groups excluding carboxylic acids is 4. The van der Waals surface area contributed by atoms with Crippen molar-refractivity contribution in [1.82, 2.24) is 19.6 Å². The molecule has 2 aromatic rings. The van der Waals surface area contributed by atoms with E-state index < -0.39 is 66.3 Å². The zero-order valence-corrected chi connectivity index (χ0v) is 31.5. The van der Waals surface area contributed by atoms with Crippen LogP contribution >= 0.6 is 0 Å². The second-order valence-electron chi connectivity index (χ2n) is 14.8. The molecule has 4 aliphatic heterocycles. The number of hydrogen-bond donors (Lipinski definition) is 1. The fraction of sp³-hybridized carbons (Fsp3) is 0.524. The van der Waals surface area contributed by atoms with Crippen LogP contribution in [0.4, 0.5) is 0 Å². The number of aliphatic hydroxyl groups excluding tert-OH is 1. The number of likely N-dealkylation sites (N-methyl/N-ethyl adjacent to an activating group) is 1. The smallest absolute Gasteiger partial charge is 0.313 e. The maximum Gasteiger partial charge on any atom is 0.313 e. The van der Waals surface area contributed by atoms with Crippen LogP contribution in [-0.4, -0.2) is 132 Å². The van der Waals surface area contributed by atoms with Crippen LogP contribution in [-0.2, 0) is 33.4 Å². The van der Waals surface area contributed by atoms with Gasteiger partial charge in [0.15, 0.2) is 0 Å². The summed E-state index contributed by atoms with van der Waals surface area (Å²) in [6.07, 6.45) is 3.51. The topological polar surface area (TPSA) is 129 Å². The number of morpholine rings is 1. The summed E-state index contributed by atoms with van der Waals surface area (Å²) < 4.78 is 18.7.